The van der Waals surface area contributed by atoms with Crippen molar-refractivity contribution in [3.8, 4) is 11.4 Å². The van der Waals surface area contributed by atoms with Crippen molar-refractivity contribution >= 4 is 22.4 Å². The number of anilines is 1. The van der Waals surface area contributed by atoms with Crippen molar-refractivity contribution in [2.75, 3.05) is 19.0 Å². The lowest BCUT2D eigenvalue weighted by Crippen LogP contribution is -2.28. The van der Waals surface area contributed by atoms with Crippen LogP contribution in [-0.4, -0.2) is 29.3 Å². The molecule has 2 unspecified atom stereocenters. The zero-order valence-corrected chi connectivity index (χ0v) is 25.7. The van der Waals surface area contributed by atoms with Gasteiger partial charge in [-0.25, -0.2) is 9.07 Å². The highest BCUT2D eigenvalue weighted by Crippen LogP contribution is 2.38. The highest BCUT2D eigenvalue weighted by atomic mass is 19.4. The Morgan fingerprint density at radius 1 is 1.02 bits per heavy atom. The third kappa shape index (κ3) is 6.90. The minimum atomic E-state index is -4.82. The molecule has 11 heteroatoms. The molecule has 2 atom stereocenters. The molecule has 0 saturated heterocycles. The Balaban J connectivity index is 1.58. The summed E-state index contributed by atoms with van der Waals surface area (Å²) in [7, 11) is 1.58. The second-order valence-corrected chi connectivity index (χ2v) is 11.1. The predicted molar refractivity (Wildman–Crippen MR) is 171 cm³/mol. The lowest BCUT2D eigenvalue weighted by atomic mass is 9.91. The number of amides is 1. The van der Waals surface area contributed by atoms with E-state index in [-0.39, 0.29) is 17.9 Å². The van der Waals surface area contributed by atoms with Crippen LogP contribution in [0, 0.1) is 11.7 Å². The molecule has 5 aromatic rings. The number of nitrogens with zero attached hydrogens (tertiary/aromatic N) is 2. The number of nitrogens with two attached hydrogens (primary N) is 1. The Bertz CT molecular complexity index is 1850. The largest absolute Gasteiger partial charge is 0.496 e. The first-order valence-corrected chi connectivity index (χ1v) is 14.9. The van der Waals surface area contributed by atoms with Crippen molar-refractivity contribution in [3.05, 3.63) is 119 Å². The van der Waals surface area contributed by atoms with Gasteiger partial charge in [-0.1, -0.05) is 68.8 Å². The lowest BCUT2D eigenvalue weighted by Gasteiger charge is -2.26. The van der Waals surface area contributed by atoms with E-state index >= 15 is 4.39 Å². The van der Waals surface area contributed by atoms with Crippen LogP contribution in [0.2, 0.25) is 0 Å². The number of halogens is 4. The molecule has 46 heavy (non-hydrogen) atoms. The molecule has 0 fully saturated rings. The number of ether oxygens (including phenoxy) is 1. The van der Waals surface area contributed by atoms with Crippen molar-refractivity contribution < 1.29 is 27.1 Å². The standard InChI is InChI=1S/C35H35F4N5O2/c1-4-21(2)20-41-33(32-26-11-6-5-9-23(26)13-15-30(32)46-3)24-12-14-27(36)28(17-24)42-34(45)29-18-31(35(37,38)39)43-44(29)25-10-7-8-22(16-25)19-40/h5-18,21,33,41H,4,19-20,40H2,1-3H3,(H,42,45). The molecule has 5 rings (SSSR count). The van der Waals surface area contributed by atoms with Crippen LogP contribution in [0.1, 0.15) is 59.2 Å². The average Bonchev–Trinajstić information content (AvgIpc) is 3.53. The van der Waals surface area contributed by atoms with Crippen molar-refractivity contribution in [1.82, 2.24) is 15.1 Å². The zero-order valence-electron chi connectivity index (χ0n) is 25.7. The van der Waals surface area contributed by atoms with Crippen LogP contribution in [0.15, 0.2) is 84.9 Å². The summed E-state index contributed by atoms with van der Waals surface area (Å²) >= 11 is 0. The first-order valence-electron chi connectivity index (χ1n) is 14.9. The van der Waals surface area contributed by atoms with Gasteiger partial charge in [-0.15, -0.1) is 0 Å². The number of carbonyl (C=O) groups excluding carboxylic acids is 1. The molecule has 0 aliphatic rings. The van der Waals surface area contributed by atoms with Crippen LogP contribution in [0.3, 0.4) is 0 Å². The van der Waals surface area contributed by atoms with Crippen LogP contribution in [0.4, 0.5) is 23.2 Å². The third-order valence-corrected chi connectivity index (χ3v) is 8.00. The van der Waals surface area contributed by atoms with E-state index in [1.807, 2.05) is 36.4 Å². The van der Waals surface area contributed by atoms with Crippen molar-refractivity contribution in [3.63, 3.8) is 0 Å². The second-order valence-electron chi connectivity index (χ2n) is 11.1. The van der Waals surface area contributed by atoms with E-state index in [0.29, 0.717) is 35.4 Å². The van der Waals surface area contributed by atoms with E-state index in [1.165, 1.54) is 24.3 Å². The molecule has 0 aliphatic carbocycles. The van der Waals surface area contributed by atoms with Crippen LogP contribution in [0.5, 0.6) is 5.75 Å². The number of benzene rings is 4. The Hall–Kier alpha value is -4.74. The molecular formula is C35H35F4N5O2. The van der Waals surface area contributed by atoms with E-state index < -0.39 is 35.3 Å². The van der Waals surface area contributed by atoms with Gasteiger partial charge in [-0.05, 0) is 64.7 Å². The number of aromatic nitrogens is 2. The molecule has 7 nitrogen and oxygen atoms in total. The van der Waals surface area contributed by atoms with E-state index in [1.54, 1.807) is 25.3 Å². The number of methoxy groups -OCH3 is 1. The maximum atomic E-state index is 15.3. The summed E-state index contributed by atoms with van der Waals surface area (Å²) in [6, 6.07) is 22.5. The summed E-state index contributed by atoms with van der Waals surface area (Å²) < 4.78 is 63.1. The van der Waals surface area contributed by atoms with E-state index in [4.69, 9.17) is 10.5 Å². The summed E-state index contributed by atoms with van der Waals surface area (Å²) in [5, 5.41) is 11.7. The van der Waals surface area contributed by atoms with Gasteiger partial charge in [0.05, 0.1) is 24.5 Å². The maximum Gasteiger partial charge on any atom is 0.435 e. The quantitative estimate of drug-likeness (QED) is 0.130. The minimum absolute atomic E-state index is 0.133. The first-order chi connectivity index (χ1) is 22.0. The summed E-state index contributed by atoms with van der Waals surface area (Å²) in [4.78, 5) is 13.6. The fourth-order valence-corrected chi connectivity index (χ4v) is 5.30. The maximum absolute atomic E-state index is 15.3. The minimum Gasteiger partial charge on any atom is -0.496 e. The Labute approximate surface area is 264 Å². The molecule has 0 aliphatic heterocycles. The molecule has 0 bridgehead atoms. The van der Waals surface area contributed by atoms with E-state index in [0.717, 1.165) is 27.4 Å². The highest BCUT2D eigenvalue weighted by Gasteiger charge is 2.36. The zero-order chi connectivity index (χ0) is 33.0. The molecule has 1 amide bonds. The van der Waals surface area contributed by atoms with Gasteiger partial charge in [0, 0.05) is 18.2 Å². The second kappa shape index (κ2) is 13.7. The van der Waals surface area contributed by atoms with Gasteiger partial charge in [0.15, 0.2) is 5.69 Å². The molecule has 0 spiro atoms. The lowest BCUT2D eigenvalue weighted by molar-refractivity contribution is -0.141. The van der Waals surface area contributed by atoms with E-state index in [2.05, 4.69) is 29.6 Å². The normalized spacial score (nSPS) is 13.0. The van der Waals surface area contributed by atoms with Gasteiger partial charge in [0.2, 0.25) is 0 Å². The Kier molecular flexibility index (Phi) is 9.74. The molecule has 0 radical (unpaired) electrons. The van der Waals surface area contributed by atoms with Gasteiger partial charge in [0.25, 0.3) is 5.91 Å². The Morgan fingerprint density at radius 2 is 1.80 bits per heavy atom. The summed E-state index contributed by atoms with van der Waals surface area (Å²) in [5.74, 6) is -0.776. The third-order valence-electron chi connectivity index (χ3n) is 8.00. The first kappa shape index (κ1) is 32.6. The molecule has 1 aromatic heterocycles. The predicted octanol–water partition coefficient (Wildman–Crippen LogP) is 7.63. The SMILES string of the molecule is CCC(C)CNC(c1ccc(F)c(NC(=O)c2cc(C(F)(F)F)nn2-c2cccc(CN)c2)c1)c1c(OC)ccc2ccccc12. The molecule has 240 valence electrons. The van der Waals surface area contributed by atoms with Crippen molar-refractivity contribution in [1.29, 1.82) is 0 Å². The number of carbonyl (C=O) groups is 1. The van der Waals surface area contributed by atoms with Gasteiger partial charge >= 0.3 is 6.18 Å². The average molecular weight is 634 g/mol. The monoisotopic (exact) mass is 633 g/mol. The topological polar surface area (TPSA) is 94.2 Å². The number of nitrogens with one attached hydrogen (secondary N) is 2. The van der Waals surface area contributed by atoms with E-state index in [9.17, 15) is 18.0 Å². The van der Waals surface area contributed by atoms with Crippen LogP contribution >= 0.6 is 0 Å². The van der Waals surface area contributed by atoms with Gasteiger partial charge in [0.1, 0.15) is 17.3 Å². The number of alkyl halides is 3. The van der Waals surface area contributed by atoms with Crippen LogP contribution in [-0.2, 0) is 12.7 Å². The van der Waals surface area contributed by atoms with Crippen LogP contribution in [0.25, 0.3) is 16.5 Å². The number of hydrogen-bond donors (Lipinski definition) is 3. The summed E-state index contributed by atoms with van der Waals surface area (Å²) in [6.07, 6.45) is -3.89. The molecular weight excluding hydrogens is 598 g/mol. The highest BCUT2D eigenvalue weighted by molar-refractivity contribution is 6.03. The fraction of sp³-hybridized carbons (Fsp3) is 0.257. The molecule has 4 aromatic carbocycles. The number of rotatable bonds is 11. The van der Waals surface area contributed by atoms with Gasteiger partial charge < -0.3 is 21.1 Å². The molecule has 1 heterocycles. The Morgan fingerprint density at radius 3 is 2.52 bits per heavy atom. The van der Waals surface area contributed by atoms with Gasteiger partial charge in [-0.2, -0.15) is 18.3 Å². The molecule has 4 N–H and O–H groups in total. The molecule has 0 saturated carbocycles. The number of hydrogen-bond acceptors (Lipinski definition) is 5. The van der Waals surface area contributed by atoms with Gasteiger partial charge in [-0.3, -0.25) is 4.79 Å². The smallest absolute Gasteiger partial charge is 0.435 e. The fourth-order valence-electron chi connectivity index (χ4n) is 5.30. The summed E-state index contributed by atoms with van der Waals surface area (Å²) in [6.45, 7) is 4.97. The number of fused-ring (bicyclic) bond motifs is 1. The summed E-state index contributed by atoms with van der Waals surface area (Å²) in [5.41, 5.74) is 6.12. The van der Waals surface area contributed by atoms with Crippen molar-refractivity contribution in [2.45, 2.75) is 39.0 Å². The van der Waals surface area contributed by atoms with Crippen molar-refractivity contribution in [2.24, 2.45) is 11.7 Å². The van der Waals surface area contributed by atoms with Crippen LogP contribution < -0.4 is 21.1 Å².